The van der Waals surface area contributed by atoms with Crippen LogP contribution < -0.4 is 5.32 Å². The summed E-state index contributed by atoms with van der Waals surface area (Å²) in [6.45, 7) is 2.03. The molecule has 3 aromatic rings. The second-order valence-corrected chi connectivity index (χ2v) is 5.12. The zero-order chi connectivity index (χ0) is 14.7. The summed E-state index contributed by atoms with van der Waals surface area (Å²) in [6, 6.07) is 15.9. The molecule has 0 fully saturated rings. The van der Waals surface area contributed by atoms with Gasteiger partial charge in [-0.1, -0.05) is 54.1 Å². The van der Waals surface area contributed by atoms with Gasteiger partial charge in [-0.05, 0) is 12.5 Å². The maximum atomic E-state index is 12.2. The Morgan fingerprint density at radius 3 is 2.62 bits per heavy atom. The number of aryl methyl sites for hydroxylation is 1. The largest absolute Gasteiger partial charge is 0.324 e. The van der Waals surface area contributed by atoms with E-state index in [-0.39, 0.29) is 5.91 Å². The van der Waals surface area contributed by atoms with Crippen molar-refractivity contribution in [3.63, 3.8) is 0 Å². The van der Waals surface area contributed by atoms with E-state index < -0.39 is 0 Å². The Bertz CT molecular complexity index is 773. The van der Waals surface area contributed by atoms with Crippen molar-refractivity contribution in [3.8, 4) is 0 Å². The molecular formula is C18H16N2O. The van der Waals surface area contributed by atoms with E-state index in [2.05, 4.69) is 10.3 Å². The molecule has 0 bridgehead atoms. The Balaban J connectivity index is 1.79. The van der Waals surface area contributed by atoms with E-state index in [0.29, 0.717) is 6.42 Å². The number of hydrogen-bond acceptors (Lipinski definition) is 2. The number of benzene rings is 2. The van der Waals surface area contributed by atoms with E-state index >= 15 is 0 Å². The van der Waals surface area contributed by atoms with Crippen molar-refractivity contribution < 1.29 is 4.79 Å². The third-order valence-electron chi connectivity index (χ3n) is 3.43. The molecule has 3 rings (SSSR count). The van der Waals surface area contributed by atoms with Crippen molar-refractivity contribution in [3.05, 3.63) is 72.1 Å². The van der Waals surface area contributed by atoms with Crippen molar-refractivity contribution >= 4 is 22.4 Å². The van der Waals surface area contributed by atoms with Crippen LogP contribution in [0, 0.1) is 6.92 Å². The molecule has 1 heterocycles. The summed E-state index contributed by atoms with van der Waals surface area (Å²) in [7, 11) is 0. The van der Waals surface area contributed by atoms with Gasteiger partial charge in [0, 0.05) is 17.0 Å². The fraction of sp³-hybridized carbons (Fsp3) is 0.111. The topological polar surface area (TPSA) is 42.0 Å². The number of anilines is 1. The summed E-state index contributed by atoms with van der Waals surface area (Å²) >= 11 is 0. The first-order valence-electron chi connectivity index (χ1n) is 6.90. The van der Waals surface area contributed by atoms with Gasteiger partial charge in [-0.25, -0.2) is 0 Å². The average Bonchev–Trinajstić information content (AvgIpc) is 2.50. The van der Waals surface area contributed by atoms with E-state index in [0.717, 1.165) is 22.0 Å². The van der Waals surface area contributed by atoms with Crippen LogP contribution in [-0.2, 0) is 11.2 Å². The van der Waals surface area contributed by atoms with E-state index in [9.17, 15) is 4.79 Å². The van der Waals surface area contributed by atoms with Crippen LogP contribution >= 0.6 is 0 Å². The molecule has 0 aliphatic heterocycles. The molecule has 0 aliphatic carbocycles. The molecule has 0 saturated heterocycles. The van der Waals surface area contributed by atoms with Gasteiger partial charge >= 0.3 is 0 Å². The lowest BCUT2D eigenvalue weighted by atomic mass is 10.1. The summed E-state index contributed by atoms with van der Waals surface area (Å²) in [5, 5.41) is 4.97. The molecule has 3 heteroatoms. The fourth-order valence-electron chi connectivity index (χ4n) is 2.30. The zero-order valence-electron chi connectivity index (χ0n) is 11.8. The predicted octanol–water partition coefficient (Wildman–Crippen LogP) is 3.72. The van der Waals surface area contributed by atoms with Crippen molar-refractivity contribution in [2.45, 2.75) is 13.3 Å². The minimum atomic E-state index is -0.0305. The molecule has 0 unspecified atom stereocenters. The average molecular weight is 276 g/mol. The molecule has 104 valence electrons. The monoisotopic (exact) mass is 276 g/mol. The number of carbonyl (C=O) groups excluding carboxylic acids is 1. The first-order chi connectivity index (χ1) is 10.2. The first kappa shape index (κ1) is 13.3. The summed E-state index contributed by atoms with van der Waals surface area (Å²) in [5.74, 6) is -0.0305. The van der Waals surface area contributed by atoms with Crippen LogP contribution in [0.2, 0.25) is 0 Å². The highest BCUT2D eigenvalue weighted by atomic mass is 16.1. The second-order valence-electron chi connectivity index (χ2n) is 5.12. The minimum absolute atomic E-state index is 0.0305. The molecule has 2 aromatic carbocycles. The first-order valence-corrected chi connectivity index (χ1v) is 6.90. The van der Waals surface area contributed by atoms with Gasteiger partial charge in [0.25, 0.3) is 0 Å². The summed E-state index contributed by atoms with van der Waals surface area (Å²) in [5.41, 5.74) is 2.95. The standard InChI is InChI=1S/C18H16N2O/c1-13-6-8-14(9-7-13)10-18(21)20-17-12-19-11-15-4-2-3-5-16(15)17/h2-9,11-12H,10H2,1H3,(H,20,21). The second kappa shape index (κ2) is 5.75. The molecule has 1 aromatic heterocycles. The minimum Gasteiger partial charge on any atom is -0.324 e. The van der Waals surface area contributed by atoms with Crippen LogP contribution in [-0.4, -0.2) is 10.9 Å². The number of nitrogens with zero attached hydrogens (tertiary/aromatic N) is 1. The summed E-state index contributed by atoms with van der Waals surface area (Å²) in [6.07, 6.45) is 3.85. The third-order valence-corrected chi connectivity index (χ3v) is 3.43. The van der Waals surface area contributed by atoms with Crippen LogP contribution in [0.1, 0.15) is 11.1 Å². The molecule has 1 amide bonds. The SMILES string of the molecule is Cc1ccc(CC(=O)Nc2cncc3ccccc23)cc1. The molecular weight excluding hydrogens is 260 g/mol. The summed E-state index contributed by atoms with van der Waals surface area (Å²) in [4.78, 5) is 16.3. The molecule has 21 heavy (non-hydrogen) atoms. The van der Waals surface area contributed by atoms with Crippen molar-refractivity contribution in [1.29, 1.82) is 0 Å². The molecule has 3 nitrogen and oxygen atoms in total. The summed E-state index contributed by atoms with van der Waals surface area (Å²) < 4.78 is 0. The van der Waals surface area contributed by atoms with Crippen LogP contribution in [0.4, 0.5) is 5.69 Å². The Kier molecular flexibility index (Phi) is 3.65. The van der Waals surface area contributed by atoms with Gasteiger partial charge in [0.05, 0.1) is 18.3 Å². The van der Waals surface area contributed by atoms with Crippen LogP contribution in [0.25, 0.3) is 10.8 Å². The number of pyridine rings is 1. The fourth-order valence-corrected chi connectivity index (χ4v) is 2.30. The normalized spacial score (nSPS) is 10.5. The lowest BCUT2D eigenvalue weighted by molar-refractivity contribution is -0.115. The highest BCUT2D eigenvalue weighted by Crippen LogP contribution is 2.21. The highest BCUT2D eigenvalue weighted by Gasteiger charge is 2.07. The molecule has 0 saturated carbocycles. The quantitative estimate of drug-likeness (QED) is 0.792. The van der Waals surface area contributed by atoms with Gasteiger partial charge in [0.15, 0.2) is 0 Å². The number of hydrogen-bond donors (Lipinski definition) is 1. The number of nitrogens with one attached hydrogen (secondary N) is 1. The van der Waals surface area contributed by atoms with Crippen molar-refractivity contribution in [1.82, 2.24) is 4.98 Å². The number of rotatable bonds is 3. The Labute approximate surface area is 123 Å². The van der Waals surface area contributed by atoms with E-state index in [1.54, 1.807) is 12.4 Å². The molecule has 0 aliphatic rings. The Morgan fingerprint density at radius 1 is 1.05 bits per heavy atom. The van der Waals surface area contributed by atoms with Crippen LogP contribution in [0.3, 0.4) is 0 Å². The number of amides is 1. The van der Waals surface area contributed by atoms with Crippen molar-refractivity contribution in [2.24, 2.45) is 0 Å². The van der Waals surface area contributed by atoms with Gasteiger partial charge in [0.2, 0.25) is 5.91 Å². The van der Waals surface area contributed by atoms with Crippen LogP contribution in [0.5, 0.6) is 0 Å². The number of aromatic nitrogens is 1. The predicted molar refractivity (Wildman–Crippen MR) is 85.3 cm³/mol. The van der Waals surface area contributed by atoms with E-state index in [4.69, 9.17) is 0 Å². The van der Waals surface area contributed by atoms with Crippen molar-refractivity contribution in [2.75, 3.05) is 5.32 Å². The van der Waals surface area contributed by atoms with E-state index in [1.807, 2.05) is 55.5 Å². The van der Waals surface area contributed by atoms with E-state index in [1.165, 1.54) is 5.56 Å². The number of carbonyl (C=O) groups is 1. The lowest BCUT2D eigenvalue weighted by Crippen LogP contribution is -2.14. The van der Waals surface area contributed by atoms with Gasteiger partial charge in [-0.15, -0.1) is 0 Å². The molecule has 0 atom stereocenters. The zero-order valence-corrected chi connectivity index (χ0v) is 11.8. The highest BCUT2D eigenvalue weighted by molar-refractivity contribution is 6.02. The van der Waals surface area contributed by atoms with Gasteiger partial charge in [-0.2, -0.15) is 0 Å². The molecule has 1 N–H and O–H groups in total. The smallest absolute Gasteiger partial charge is 0.228 e. The third kappa shape index (κ3) is 3.08. The van der Waals surface area contributed by atoms with Gasteiger partial charge in [0.1, 0.15) is 0 Å². The maximum Gasteiger partial charge on any atom is 0.228 e. The van der Waals surface area contributed by atoms with Crippen LogP contribution in [0.15, 0.2) is 60.9 Å². The number of fused-ring (bicyclic) bond motifs is 1. The lowest BCUT2D eigenvalue weighted by Gasteiger charge is -2.08. The van der Waals surface area contributed by atoms with Gasteiger partial charge in [-0.3, -0.25) is 9.78 Å². The Hall–Kier alpha value is -2.68. The van der Waals surface area contributed by atoms with Gasteiger partial charge < -0.3 is 5.32 Å². The molecule has 0 spiro atoms. The molecule has 0 radical (unpaired) electrons. The Morgan fingerprint density at radius 2 is 1.81 bits per heavy atom. The maximum absolute atomic E-state index is 12.2.